The molecule has 0 amide bonds. The van der Waals surface area contributed by atoms with Gasteiger partial charge in [0.15, 0.2) is 5.75 Å². The van der Waals surface area contributed by atoms with Crippen molar-refractivity contribution < 1.29 is 35.1 Å². The Morgan fingerprint density at radius 2 is 1.81 bits per heavy atom. The van der Waals surface area contributed by atoms with Crippen LogP contribution in [0.5, 0.6) is 5.75 Å². The second-order valence-corrected chi connectivity index (χ2v) is 7.84. The Hall–Kier alpha value is -1.43. The molecule has 0 aliphatic heterocycles. The molecule has 0 fully saturated rings. The lowest BCUT2D eigenvalue weighted by molar-refractivity contribution is -0.275. The summed E-state index contributed by atoms with van der Waals surface area (Å²) in [5.41, 5.74) is -0.684. The average molecular weight is 481 g/mol. The highest BCUT2D eigenvalue weighted by Crippen LogP contribution is 2.32. The van der Waals surface area contributed by atoms with Crippen molar-refractivity contribution in [1.82, 2.24) is 4.72 Å². The maximum Gasteiger partial charge on any atom is 0.573 e. The minimum Gasteiger partial charge on any atom is -0.404 e. The van der Waals surface area contributed by atoms with Crippen molar-refractivity contribution in [3.05, 3.63) is 57.0 Å². The van der Waals surface area contributed by atoms with Crippen molar-refractivity contribution in [3.63, 3.8) is 0 Å². The molecule has 0 aliphatic carbocycles. The van der Waals surface area contributed by atoms with Crippen LogP contribution in [0.15, 0.2) is 39.7 Å². The lowest BCUT2D eigenvalue weighted by atomic mass is 10.2. The molecule has 26 heavy (non-hydrogen) atoms. The first-order chi connectivity index (χ1) is 11.9. The van der Waals surface area contributed by atoms with E-state index in [4.69, 9.17) is 11.6 Å². The van der Waals surface area contributed by atoms with Gasteiger partial charge < -0.3 is 4.74 Å². The highest BCUT2D eigenvalue weighted by Gasteiger charge is 2.34. The molecular weight excluding hydrogens is 473 g/mol. The molecule has 0 heterocycles. The van der Waals surface area contributed by atoms with Crippen molar-refractivity contribution in [1.29, 1.82) is 0 Å². The fourth-order valence-electron chi connectivity index (χ4n) is 1.88. The molecule has 0 saturated carbocycles. The van der Waals surface area contributed by atoms with Gasteiger partial charge in [-0.05, 0) is 30.3 Å². The third-order valence-electron chi connectivity index (χ3n) is 3.00. The largest absolute Gasteiger partial charge is 0.573 e. The number of ether oxygens (including phenoxy) is 1. The number of nitrogens with one attached hydrogen (secondary N) is 1. The second-order valence-electron chi connectivity index (χ2n) is 4.79. The van der Waals surface area contributed by atoms with E-state index in [0.29, 0.717) is 0 Å². The molecule has 0 bridgehead atoms. The number of alkyl halides is 3. The zero-order valence-electron chi connectivity index (χ0n) is 12.4. The van der Waals surface area contributed by atoms with Crippen molar-refractivity contribution in [2.75, 3.05) is 0 Å². The van der Waals surface area contributed by atoms with E-state index in [1.165, 1.54) is 6.07 Å². The van der Waals surface area contributed by atoms with Gasteiger partial charge in [-0.3, -0.25) is 0 Å². The van der Waals surface area contributed by atoms with E-state index in [0.717, 1.165) is 24.3 Å². The highest BCUT2D eigenvalue weighted by atomic mass is 79.9. The normalized spacial score (nSPS) is 12.3. The van der Waals surface area contributed by atoms with Crippen LogP contribution in [-0.4, -0.2) is 14.8 Å². The van der Waals surface area contributed by atoms with Crippen LogP contribution in [0.4, 0.5) is 22.0 Å². The van der Waals surface area contributed by atoms with Crippen LogP contribution >= 0.6 is 27.5 Å². The molecule has 0 aromatic heterocycles. The second kappa shape index (κ2) is 7.67. The lowest BCUT2D eigenvalue weighted by Crippen LogP contribution is -2.26. The van der Waals surface area contributed by atoms with Gasteiger partial charge in [0.1, 0.15) is 16.5 Å². The molecule has 0 unspecified atom stereocenters. The van der Waals surface area contributed by atoms with Gasteiger partial charge in [0.2, 0.25) is 10.0 Å². The first-order valence-electron chi connectivity index (χ1n) is 6.58. The molecule has 12 heteroatoms. The van der Waals surface area contributed by atoms with Gasteiger partial charge in [0.05, 0.1) is 5.02 Å². The molecule has 0 saturated heterocycles. The fraction of sp³-hybridized carbons (Fsp3) is 0.143. The minimum absolute atomic E-state index is 0.127. The van der Waals surface area contributed by atoms with E-state index in [9.17, 15) is 30.4 Å². The lowest BCUT2D eigenvalue weighted by Gasteiger charge is -2.15. The molecule has 0 atom stereocenters. The van der Waals surface area contributed by atoms with Crippen LogP contribution in [0.3, 0.4) is 0 Å². The molecular formula is C14H8BrClF5NO3S. The maximum absolute atomic E-state index is 13.8. The summed E-state index contributed by atoms with van der Waals surface area (Å²) in [4.78, 5) is -0.860. The minimum atomic E-state index is -5.14. The third-order valence-corrected chi connectivity index (χ3v) is 5.22. The van der Waals surface area contributed by atoms with E-state index in [1.807, 2.05) is 4.72 Å². The third kappa shape index (κ3) is 5.06. The van der Waals surface area contributed by atoms with Gasteiger partial charge >= 0.3 is 6.36 Å². The number of halogens is 7. The van der Waals surface area contributed by atoms with Gasteiger partial charge in [-0.1, -0.05) is 27.5 Å². The summed E-state index contributed by atoms with van der Waals surface area (Å²) in [6, 6.07) is 4.57. The Bertz CT molecular complexity index is 937. The topological polar surface area (TPSA) is 55.4 Å². The summed E-state index contributed by atoms with van der Waals surface area (Å²) in [7, 11) is -4.60. The number of hydrogen-bond donors (Lipinski definition) is 1. The Kier molecular flexibility index (Phi) is 6.16. The average Bonchev–Trinajstić information content (AvgIpc) is 2.49. The fourth-order valence-corrected chi connectivity index (χ4v) is 3.50. The number of sulfonamides is 1. The van der Waals surface area contributed by atoms with Crippen molar-refractivity contribution in [3.8, 4) is 5.75 Å². The Morgan fingerprint density at radius 1 is 1.15 bits per heavy atom. The first-order valence-corrected chi connectivity index (χ1v) is 9.23. The van der Waals surface area contributed by atoms with Gasteiger partial charge in [-0.15, -0.1) is 13.2 Å². The molecule has 2 aromatic rings. The molecule has 0 aliphatic rings. The molecule has 142 valence electrons. The van der Waals surface area contributed by atoms with Crippen LogP contribution in [0.25, 0.3) is 0 Å². The molecule has 0 radical (unpaired) electrons. The summed E-state index contributed by atoms with van der Waals surface area (Å²) in [6.45, 7) is -0.873. The maximum atomic E-state index is 13.8. The number of rotatable bonds is 5. The molecule has 1 N–H and O–H groups in total. The Balaban J connectivity index is 2.36. The van der Waals surface area contributed by atoms with Crippen molar-refractivity contribution >= 4 is 37.6 Å². The number of hydrogen-bond acceptors (Lipinski definition) is 3. The smallest absolute Gasteiger partial charge is 0.404 e. The van der Waals surface area contributed by atoms with Crippen molar-refractivity contribution in [2.45, 2.75) is 17.8 Å². The van der Waals surface area contributed by atoms with Gasteiger partial charge in [-0.2, -0.15) is 0 Å². The standard InChI is InChI=1S/C14H8BrClF5NO3S/c15-7-1-4-12(11(5-7)25-14(19,20)21)26(23,24)22-6-8-10(17)3-2-9(16)13(8)18/h1-5,22H,6H2. The molecule has 4 nitrogen and oxygen atoms in total. The highest BCUT2D eigenvalue weighted by molar-refractivity contribution is 9.10. The number of benzene rings is 2. The summed E-state index contributed by atoms with van der Waals surface area (Å²) in [5.74, 6) is -3.26. The van der Waals surface area contributed by atoms with Crippen LogP contribution in [0.2, 0.25) is 5.02 Å². The predicted molar refractivity (Wildman–Crippen MR) is 86.2 cm³/mol. The summed E-state index contributed by atoms with van der Waals surface area (Å²) < 4.78 is 95.1. The van der Waals surface area contributed by atoms with Gasteiger partial charge in [0, 0.05) is 16.6 Å². The van der Waals surface area contributed by atoms with Crippen LogP contribution < -0.4 is 9.46 Å². The summed E-state index contributed by atoms with van der Waals surface area (Å²) >= 11 is 8.40. The van der Waals surface area contributed by atoms with Gasteiger partial charge in [0.25, 0.3) is 0 Å². The van der Waals surface area contributed by atoms with Crippen LogP contribution in [-0.2, 0) is 16.6 Å². The first kappa shape index (κ1) is 20.9. The van der Waals surface area contributed by atoms with E-state index < -0.39 is 55.8 Å². The predicted octanol–water partition coefficient (Wildman–Crippen LogP) is 4.76. The summed E-state index contributed by atoms with van der Waals surface area (Å²) in [5, 5.41) is -0.440. The van der Waals surface area contributed by atoms with Crippen LogP contribution in [0.1, 0.15) is 5.56 Å². The monoisotopic (exact) mass is 479 g/mol. The zero-order chi connectivity index (χ0) is 19.7. The molecule has 2 aromatic carbocycles. The molecule has 2 rings (SSSR count). The van der Waals surface area contributed by atoms with E-state index >= 15 is 0 Å². The summed E-state index contributed by atoms with van der Waals surface area (Å²) in [6.07, 6.45) is -5.14. The Labute approximate surface area is 158 Å². The zero-order valence-corrected chi connectivity index (χ0v) is 15.5. The Morgan fingerprint density at radius 3 is 2.42 bits per heavy atom. The quantitative estimate of drug-likeness (QED) is 0.496. The van der Waals surface area contributed by atoms with Crippen LogP contribution in [0, 0.1) is 11.6 Å². The SMILES string of the molecule is O=S(=O)(NCc1c(F)ccc(Cl)c1F)c1ccc(Br)cc1OC(F)(F)F. The van der Waals surface area contributed by atoms with Crippen molar-refractivity contribution in [2.24, 2.45) is 0 Å². The van der Waals surface area contributed by atoms with E-state index in [-0.39, 0.29) is 4.47 Å². The van der Waals surface area contributed by atoms with E-state index in [1.54, 1.807) is 0 Å². The molecule has 0 spiro atoms. The van der Waals surface area contributed by atoms with Gasteiger partial charge in [-0.25, -0.2) is 21.9 Å². The van der Waals surface area contributed by atoms with E-state index in [2.05, 4.69) is 20.7 Å².